The molecule has 174 valence electrons. The van der Waals surface area contributed by atoms with Crippen molar-refractivity contribution in [2.24, 2.45) is 5.92 Å². The molecule has 0 spiro atoms. The normalized spacial score (nSPS) is 22.2. The van der Waals surface area contributed by atoms with Gasteiger partial charge in [-0.25, -0.2) is 4.39 Å². The Morgan fingerprint density at radius 3 is 2.58 bits per heavy atom. The van der Waals surface area contributed by atoms with Gasteiger partial charge in [0, 0.05) is 63.5 Å². The van der Waals surface area contributed by atoms with Crippen LogP contribution >= 0.6 is 24.0 Å². The van der Waals surface area contributed by atoms with Crippen LogP contribution in [0.4, 0.5) is 10.1 Å². The van der Waals surface area contributed by atoms with E-state index < -0.39 is 0 Å². The minimum Gasteiger partial charge on any atom is -0.366 e. The van der Waals surface area contributed by atoms with Gasteiger partial charge in [0.05, 0.1) is 11.4 Å². The van der Waals surface area contributed by atoms with Crippen LogP contribution in [-0.4, -0.2) is 69.6 Å². The van der Waals surface area contributed by atoms with Crippen molar-refractivity contribution in [3.8, 4) is 0 Å². The van der Waals surface area contributed by atoms with Gasteiger partial charge >= 0.3 is 0 Å². The van der Waals surface area contributed by atoms with E-state index in [1.165, 1.54) is 17.8 Å². The number of piperazine rings is 1. The minimum absolute atomic E-state index is 0.0737. The van der Waals surface area contributed by atoms with Gasteiger partial charge in [0.15, 0.2) is 0 Å². The van der Waals surface area contributed by atoms with Crippen molar-refractivity contribution in [2.75, 3.05) is 49.9 Å². The molecule has 1 amide bonds. The number of benzene rings is 1. The molecule has 0 saturated carbocycles. The summed E-state index contributed by atoms with van der Waals surface area (Å²) in [5.74, 6) is 0.867. The summed E-state index contributed by atoms with van der Waals surface area (Å²) in [4.78, 5) is 31.1. The van der Waals surface area contributed by atoms with E-state index in [1.807, 2.05) is 32.6 Å². The first kappa shape index (κ1) is 22.4. The minimum atomic E-state index is -0.225. The molecular formula is C24H27FN4O2S2. The number of thioether (sulfide) groups is 1. The van der Waals surface area contributed by atoms with Crippen LogP contribution in [0.1, 0.15) is 18.0 Å². The van der Waals surface area contributed by atoms with Crippen molar-refractivity contribution in [1.82, 2.24) is 14.4 Å². The lowest BCUT2D eigenvalue weighted by Crippen LogP contribution is -2.50. The summed E-state index contributed by atoms with van der Waals surface area (Å²) in [6.45, 7) is 4.77. The standard InChI is InChI=1S/C24H27FN4O2S2/c25-19-4-1-2-5-21(19)26-8-10-27(11-9-26)23(31)16-33-24(32)28-13-17-12-18(15-28)20-6-3-7-22(30)29(20)14-17/h1-7,17-18H,8-16H2/t17-,18-/m0/s1. The van der Waals surface area contributed by atoms with Crippen molar-refractivity contribution in [3.63, 3.8) is 0 Å². The van der Waals surface area contributed by atoms with E-state index in [-0.39, 0.29) is 17.3 Å². The van der Waals surface area contributed by atoms with Gasteiger partial charge in [-0.1, -0.05) is 42.2 Å². The highest BCUT2D eigenvalue weighted by molar-refractivity contribution is 8.23. The van der Waals surface area contributed by atoms with E-state index in [0.29, 0.717) is 49.5 Å². The third-order valence-electron chi connectivity index (χ3n) is 6.88. The first-order valence-corrected chi connectivity index (χ1v) is 12.8. The zero-order chi connectivity index (χ0) is 22.9. The Bertz CT molecular complexity index is 1120. The molecule has 2 saturated heterocycles. The lowest BCUT2D eigenvalue weighted by atomic mass is 9.83. The number of rotatable bonds is 3. The Kier molecular flexibility index (Phi) is 6.42. The largest absolute Gasteiger partial charge is 0.366 e. The number of hydrogen-bond donors (Lipinski definition) is 0. The topological polar surface area (TPSA) is 48.8 Å². The summed E-state index contributed by atoms with van der Waals surface area (Å²) >= 11 is 7.12. The van der Waals surface area contributed by atoms with Crippen molar-refractivity contribution < 1.29 is 9.18 Å². The van der Waals surface area contributed by atoms with Crippen molar-refractivity contribution in [3.05, 3.63) is 64.3 Å². The predicted octanol–water partition coefficient (Wildman–Crippen LogP) is 2.77. The molecule has 0 N–H and O–H groups in total. The van der Waals surface area contributed by atoms with E-state index in [1.54, 1.807) is 18.2 Å². The fourth-order valence-corrected chi connectivity index (χ4v) is 6.34. The lowest BCUT2D eigenvalue weighted by molar-refractivity contribution is -0.128. The van der Waals surface area contributed by atoms with E-state index in [0.717, 1.165) is 36.1 Å². The van der Waals surface area contributed by atoms with Gasteiger partial charge in [0.1, 0.15) is 10.1 Å². The second-order valence-electron chi connectivity index (χ2n) is 8.98. The molecule has 0 aliphatic carbocycles. The summed E-state index contributed by atoms with van der Waals surface area (Å²) in [6.07, 6.45) is 1.08. The Labute approximate surface area is 202 Å². The number of thiocarbonyl (C=S) groups is 1. The van der Waals surface area contributed by atoms with E-state index >= 15 is 0 Å². The summed E-state index contributed by atoms with van der Waals surface area (Å²) in [6, 6.07) is 12.3. The fraction of sp³-hybridized carbons (Fsp3) is 0.458. The van der Waals surface area contributed by atoms with E-state index in [2.05, 4.69) is 4.90 Å². The monoisotopic (exact) mass is 486 g/mol. The van der Waals surface area contributed by atoms with Crippen LogP contribution in [0.2, 0.25) is 0 Å². The molecule has 2 aromatic rings. The number of hydrogen-bond acceptors (Lipinski definition) is 5. The average Bonchev–Trinajstić information content (AvgIpc) is 2.83. The quantitative estimate of drug-likeness (QED) is 0.622. The maximum atomic E-state index is 14.0. The number of para-hydroxylation sites is 1. The maximum Gasteiger partial charge on any atom is 0.250 e. The summed E-state index contributed by atoms with van der Waals surface area (Å²) in [7, 11) is 0. The van der Waals surface area contributed by atoms with E-state index in [9.17, 15) is 14.0 Å². The number of fused-ring (bicyclic) bond motifs is 4. The number of carbonyl (C=O) groups excluding carboxylic acids is 1. The molecule has 3 aliphatic heterocycles. The van der Waals surface area contributed by atoms with Crippen LogP contribution in [0.15, 0.2) is 47.3 Å². The highest BCUT2D eigenvalue weighted by atomic mass is 32.2. The lowest BCUT2D eigenvalue weighted by Gasteiger charge is -2.43. The van der Waals surface area contributed by atoms with Gasteiger partial charge < -0.3 is 19.3 Å². The smallest absolute Gasteiger partial charge is 0.250 e. The molecule has 2 atom stereocenters. The van der Waals surface area contributed by atoms with Gasteiger partial charge in [-0.05, 0) is 30.5 Å². The molecule has 4 heterocycles. The molecule has 0 radical (unpaired) electrons. The number of anilines is 1. The first-order chi connectivity index (χ1) is 16.0. The molecule has 2 fully saturated rings. The molecule has 3 aliphatic rings. The molecule has 1 aromatic carbocycles. The Balaban J connectivity index is 1.13. The SMILES string of the molecule is O=C(CSC(=S)N1C[C@@H]2C[C@@H](C1)c1cccc(=O)n1C2)N1CCN(c2ccccc2F)CC1. The number of likely N-dealkylation sites (tertiary alicyclic amines) is 1. The molecule has 1 aromatic heterocycles. The third-order valence-corrected chi connectivity index (χ3v) is 8.39. The number of halogens is 1. The van der Waals surface area contributed by atoms with Gasteiger partial charge in [-0.2, -0.15) is 0 Å². The maximum absolute atomic E-state index is 14.0. The van der Waals surface area contributed by atoms with Crippen LogP contribution in [0.3, 0.4) is 0 Å². The second-order valence-corrected chi connectivity index (χ2v) is 10.6. The first-order valence-electron chi connectivity index (χ1n) is 11.4. The van der Waals surface area contributed by atoms with Crippen molar-refractivity contribution in [2.45, 2.75) is 18.9 Å². The predicted molar refractivity (Wildman–Crippen MR) is 133 cm³/mol. The third kappa shape index (κ3) is 4.66. The van der Waals surface area contributed by atoms with Crippen LogP contribution < -0.4 is 10.5 Å². The van der Waals surface area contributed by atoms with E-state index in [4.69, 9.17) is 12.2 Å². The summed E-state index contributed by atoms with van der Waals surface area (Å²) in [5.41, 5.74) is 1.77. The Hall–Kier alpha value is -2.39. The van der Waals surface area contributed by atoms with Crippen molar-refractivity contribution >= 4 is 39.9 Å². The molecule has 33 heavy (non-hydrogen) atoms. The molecule has 9 heteroatoms. The zero-order valence-electron chi connectivity index (χ0n) is 18.4. The molecule has 2 bridgehead atoms. The highest BCUT2D eigenvalue weighted by Gasteiger charge is 2.35. The van der Waals surface area contributed by atoms with Gasteiger partial charge in [0.2, 0.25) is 5.91 Å². The highest BCUT2D eigenvalue weighted by Crippen LogP contribution is 2.36. The number of pyridine rings is 1. The average molecular weight is 487 g/mol. The molecule has 0 unspecified atom stereocenters. The van der Waals surface area contributed by atoms with Gasteiger partial charge in [-0.3, -0.25) is 9.59 Å². The van der Waals surface area contributed by atoms with Gasteiger partial charge in [0.25, 0.3) is 5.56 Å². The van der Waals surface area contributed by atoms with Gasteiger partial charge in [-0.15, -0.1) is 0 Å². The van der Waals surface area contributed by atoms with Crippen LogP contribution in [0.25, 0.3) is 0 Å². The Morgan fingerprint density at radius 2 is 1.79 bits per heavy atom. The fourth-order valence-electron chi connectivity index (χ4n) is 5.26. The zero-order valence-corrected chi connectivity index (χ0v) is 20.0. The summed E-state index contributed by atoms with van der Waals surface area (Å²) < 4.78 is 16.7. The number of aromatic nitrogens is 1. The number of amides is 1. The molecule has 6 nitrogen and oxygen atoms in total. The number of piperidine rings is 1. The second kappa shape index (κ2) is 9.46. The molecule has 5 rings (SSSR count). The van der Waals surface area contributed by atoms with Crippen LogP contribution in [0, 0.1) is 11.7 Å². The van der Waals surface area contributed by atoms with Crippen molar-refractivity contribution in [1.29, 1.82) is 0 Å². The van der Waals surface area contributed by atoms with Crippen LogP contribution in [0.5, 0.6) is 0 Å². The number of nitrogens with zero attached hydrogens (tertiary/aromatic N) is 4. The Morgan fingerprint density at radius 1 is 1.00 bits per heavy atom. The number of carbonyl (C=O) groups is 1. The summed E-state index contributed by atoms with van der Waals surface area (Å²) in [5, 5.41) is 0. The molecular weight excluding hydrogens is 459 g/mol. The van der Waals surface area contributed by atoms with Crippen LogP contribution in [-0.2, 0) is 11.3 Å².